The summed E-state index contributed by atoms with van der Waals surface area (Å²) in [5.41, 5.74) is 2.84. The summed E-state index contributed by atoms with van der Waals surface area (Å²) in [7, 11) is 0. The molecule has 16 heavy (non-hydrogen) atoms. The molecule has 0 bridgehead atoms. The number of benzene rings is 1. The molecule has 0 spiro atoms. The van der Waals surface area contributed by atoms with Crippen LogP contribution in [0.4, 0.5) is 0 Å². The normalized spacial score (nSPS) is 29.5. The second-order valence-corrected chi connectivity index (χ2v) is 5.21. The number of ketones is 1. The first-order chi connectivity index (χ1) is 7.74. The zero-order valence-electron chi connectivity index (χ0n) is 9.99. The molecule has 2 aliphatic rings. The Bertz CT molecular complexity index is 443. The highest BCUT2D eigenvalue weighted by Crippen LogP contribution is 2.62. The monoisotopic (exact) mass is 214 g/mol. The van der Waals surface area contributed by atoms with Gasteiger partial charge in [-0.25, -0.2) is 0 Å². The highest BCUT2D eigenvalue weighted by molar-refractivity contribution is 5.97. The van der Waals surface area contributed by atoms with Gasteiger partial charge in [0.1, 0.15) is 5.78 Å². The summed E-state index contributed by atoms with van der Waals surface area (Å²) < 4.78 is 0. The number of hydrogen-bond donors (Lipinski definition) is 0. The molecule has 1 saturated carbocycles. The van der Waals surface area contributed by atoms with E-state index in [1.165, 1.54) is 11.1 Å². The van der Waals surface area contributed by atoms with Crippen LogP contribution in [0.3, 0.4) is 0 Å². The van der Waals surface area contributed by atoms with Gasteiger partial charge in [-0.15, -0.1) is 0 Å². The van der Waals surface area contributed by atoms with E-state index in [4.69, 9.17) is 0 Å². The van der Waals surface area contributed by atoms with E-state index >= 15 is 0 Å². The fraction of sp³-hybridized carbons (Fsp3) is 0.533. The predicted octanol–water partition coefficient (Wildman–Crippen LogP) is 3.33. The van der Waals surface area contributed by atoms with Gasteiger partial charge in [-0.2, -0.15) is 0 Å². The van der Waals surface area contributed by atoms with Gasteiger partial charge in [0.25, 0.3) is 0 Å². The second-order valence-electron chi connectivity index (χ2n) is 5.21. The fourth-order valence-corrected chi connectivity index (χ4v) is 3.99. The Hall–Kier alpha value is -1.11. The van der Waals surface area contributed by atoms with Crippen molar-refractivity contribution in [1.82, 2.24) is 0 Å². The topological polar surface area (TPSA) is 17.1 Å². The van der Waals surface area contributed by atoms with Crippen LogP contribution in [0.25, 0.3) is 0 Å². The molecule has 0 heterocycles. The molecule has 0 saturated heterocycles. The van der Waals surface area contributed by atoms with Crippen LogP contribution in [0.2, 0.25) is 0 Å². The molecule has 0 radical (unpaired) electrons. The van der Waals surface area contributed by atoms with Gasteiger partial charge in [0.05, 0.1) is 0 Å². The van der Waals surface area contributed by atoms with Crippen LogP contribution in [0.1, 0.15) is 43.7 Å². The average molecular weight is 214 g/mol. The first-order valence-electron chi connectivity index (χ1n) is 6.36. The first-order valence-corrected chi connectivity index (χ1v) is 6.36. The summed E-state index contributed by atoms with van der Waals surface area (Å²) >= 11 is 0. The van der Waals surface area contributed by atoms with Crippen LogP contribution in [-0.2, 0) is 11.2 Å². The van der Waals surface area contributed by atoms with Gasteiger partial charge in [0.15, 0.2) is 0 Å². The van der Waals surface area contributed by atoms with Gasteiger partial charge in [-0.1, -0.05) is 38.1 Å². The summed E-state index contributed by atoms with van der Waals surface area (Å²) in [6, 6.07) is 8.62. The van der Waals surface area contributed by atoms with E-state index in [-0.39, 0.29) is 5.41 Å². The van der Waals surface area contributed by atoms with Crippen molar-refractivity contribution in [3.05, 3.63) is 35.4 Å². The molecule has 0 aliphatic heterocycles. The van der Waals surface area contributed by atoms with Crippen LogP contribution in [0, 0.1) is 11.3 Å². The van der Waals surface area contributed by atoms with Gasteiger partial charge in [0, 0.05) is 17.3 Å². The maximum Gasteiger partial charge on any atom is 0.143 e. The third kappa shape index (κ3) is 0.946. The van der Waals surface area contributed by atoms with E-state index in [0.717, 1.165) is 19.3 Å². The minimum Gasteiger partial charge on any atom is -0.299 e. The van der Waals surface area contributed by atoms with Gasteiger partial charge in [-0.05, 0) is 30.4 Å². The second kappa shape index (κ2) is 3.19. The lowest BCUT2D eigenvalue weighted by molar-refractivity contribution is -0.149. The van der Waals surface area contributed by atoms with Crippen molar-refractivity contribution >= 4 is 5.78 Å². The van der Waals surface area contributed by atoms with Crippen molar-refractivity contribution < 1.29 is 4.79 Å². The zero-order valence-corrected chi connectivity index (χ0v) is 9.99. The number of carbonyl (C=O) groups is 1. The van der Waals surface area contributed by atoms with Gasteiger partial charge < -0.3 is 0 Å². The standard InChI is InChI=1S/C15H18O/c1-3-15(4-2)13-11-8-6-5-7-10(11)9-12(13)14(15)16/h5-8,12-13H,3-4,9H2,1-2H3. The lowest BCUT2D eigenvalue weighted by Gasteiger charge is -2.50. The number of fused-ring (bicyclic) bond motifs is 3. The third-order valence-electron chi connectivity index (χ3n) is 4.92. The minimum absolute atomic E-state index is 0.0305. The molecule has 3 rings (SSSR count). The number of Topliss-reactive ketones (excluding diaryl/α,β-unsaturated/α-hetero) is 1. The van der Waals surface area contributed by atoms with Crippen LogP contribution < -0.4 is 0 Å². The van der Waals surface area contributed by atoms with Crippen molar-refractivity contribution in [2.45, 2.75) is 39.0 Å². The summed E-state index contributed by atoms with van der Waals surface area (Å²) in [5, 5.41) is 0. The highest BCUT2D eigenvalue weighted by atomic mass is 16.1. The molecule has 2 unspecified atom stereocenters. The Morgan fingerprint density at radius 2 is 1.94 bits per heavy atom. The van der Waals surface area contributed by atoms with Crippen molar-refractivity contribution in [2.24, 2.45) is 11.3 Å². The molecule has 1 aromatic rings. The Kier molecular flexibility index (Phi) is 2.01. The van der Waals surface area contributed by atoms with Crippen molar-refractivity contribution in [3.8, 4) is 0 Å². The van der Waals surface area contributed by atoms with E-state index in [1.807, 2.05) is 0 Å². The minimum atomic E-state index is -0.0305. The Labute approximate surface area is 96.9 Å². The fourth-order valence-electron chi connectivity index (χ4n) is 3.99. The first kappa shape index (κ1) is 10.1. The molecule has 1 aromatic carbocycles. The molecular formula is C15H18O. The Balaban J connectivity index is 2.08. The Morgan fingerprint density at radius 3 is 2.62 bits per heavy atom. The summed E-state index contributed by atoms with van der Waals surface area (Å²) in [6.07, 6.45) is 2.98. The van der Waals surface area contributed by atoms with Crippen LogP contribution >= 0.6 is 0 Å². The maximum atomic E-state index is 12.3. The van der Waals surface area contributed by atoms with Crippen molar-refractivity contribution in [2.75, 3.05) is 0 Å². The van der Waals surface area contributed by atoms with Gasteiger partial charge >= 0.3 is 0 Å². The van der Waals surface area contributed by atoms with Gasteiger partial charge in [-0.3, -0.25) is 4.79 Å². The maximum absolute atomic E-state index is 12.3. The number of carbonyl (C=O) groups excluding carboxylic acids is 1. The number of hydrogen-bond acceptors (Lipinski definition) is 1. The van der Waals surface area contributed by atoms with Crippen molar-refractivity contribution in [1.29, 1.82) is 0 Å². The smallest absolute Gasteiger partial charge is 0.143 e. The van der Waals surface area contributed by atoms with Crippen molar-refractivity contribution in [3.63, 3.8) is 0 Å². The van der Waals surface area contributed by atoms with Crippen LogP contribution in [-0.4, -0.2) is 5.78 Å². The molecule has 84 valence electrons. The van der Waals surface area contributed by atoms with Crippen LogP contribution in [0.15, 0.2) is 24.3 Å². The van der Waals surface area contributed by atoms with Gasteiger partial charge in [0.2, 0.25) is 0 Å². The Morgan fingerprint density at radius 1 is 1.25 bits per heavy atom. The van der Waals surface area contributed by atoms with E-state index in [1.54, 1.807) is 0 Å². The molecule has 1 heteroatoms. The number of rotatable bonds is 2. The molecule has 1 nitrogen and oxygen atoms in total. The molecule has 0 amide bonds. The lowest BCUT2D eigenvalue weighted by Crippen LogP contribution is -2.53. The molecular weight excluding hydrogens is 196 g/mol. The quantitative estimate of drug-likeness (QED) is 0.738. The summed E-state index contributed by atoms with van der Waals surface area (Å²) in [4.78, 5) is 12.3. The molecule has 0 aromatic heterocycles. The van der Waals surface area contributed by atoms with Crippen LogP contribution in [0.5, 0.6) is 0 Å². The van der Waals surface area contributed by atoms with E-state index < -0.39 is 0 Å². The van der Waals surface area contributed by atoms with E-state index in [2.05, 4.69) is 38.1 Å². The van der Waals surface area contributed by atoms with E-state index in [0.29, 0.717) is 17.6 Å². The predicted molar refractivity (Wildman–Crippen MR) is 64.4 cm³/mol. The molecule has 0 N–H and O–H groups in total. The molecule has 2 aliphatic carbocycles. The molecule has 2 atom stereocenters. The summed E-state index contributed by atoms with van der Waals surface area (Å²) in [5.74, 6) is 1.35. The SMILES string of the molecule is CCC1(CC)C(=O)C2Cc3ccccc3C21. The van der Waals surface area contributed by atoms with E-state index in [9.17, 15) is 4.79 Å². The third-order valence-corrected chi connectivity index (χ3v) is 4.92. The zero-order chi connectivity index (χ0) is 11.3. The largest absolute Gasteiger partial charge is 0.299 e. The average Bonchev–Trinajstić information content (AvgIpc) is 2.68. The molecule has 1 fully saturated rings. The highest BCUT2D eigenvalue weighted by Gasteiger charge is 2.62. The summed E-state index contributed by atoms with van der Waals surface area (Å²) in [6.45, 7) is 4.33. The lowest BCUT2D eigenvalue weighted by atomic mass is 9.50.